The van der Waals surface area contributed by atoms with Crippen molar-refractivity contribution in [3.63, 3.8) is 0 Å². The molecule has 7 heteroatoms. The molecule has 6 nitrogen and oxygen atoms in total. The van der Waals surface area contributed by atoms with Gasteiger partial charge in [0.15, 0.2) is 0 Å². The molecule has 0 saturated heterocycles. The van der Waals surface area contributed by atoms with Crippen molar-refractivity contribution in [2.45, 2.75) is 6.92 Å². The Labute approximate surface area is 187 Å². The van der Waals surface area contributed by atoms with Crippen LogP contribution in [0.3, 0.4) is 0 Å². The summed E-state index contributed by atoms with van der Waals surface area (Å²) in [5.41, 5.74) is 2.55. The number of ether oxygens (including phenoxy) is 2. The van der Waals surface area contributed by atoms with Crippen LogP contribution in [0.1, 0.15) is 20.8 Å². The second-order valence-corrected chi connectivity index (χ2v) is 8.04. The normalized spacial score (nSPS) is 11.0. The molecule has 4 aromatic rings. The molecule has 0 radical (unpaired) electrons. The molecule has 0 amide bonds. The molecular weight excluding hydrogens is 428 g/mol. The van der Waals surface area contributed by atoms with Gasteiger partial charge in [0.25, 0.3) is 6.47 Å². The standard InChI is InChI=1S/C25H18O6S/c1-15-2-8-19(21(28)12-15)24(29)25-23(20-9-5-17(27)13-22(20)32-25)16-3-6-18(7-4-16)31-11-10-30-14-26/h2-14,27-28H,1H3/b11-10+. The van der Waals surface area contributed by atoms with Crippen LogP contribution < -0.4 is 4.74 Å². The van der Waals surface area contributed by atoms with Gasteiger partial charge >= 0.3 is 0 Å². The quantitative estimate of drug-likeness (QED) is 0.220. The number of aryl methyl sites for hydroxylation is 1. The summed E-state index contributed by atoms with van der Waals surface area (Å²) in [5.74, 6) is 0.248. The molecule has 0 spiro atoms. The van der Waals surface area contributed by atoms with Gasteiger partial charge in [-0.1, -0.05) is 18.2 Å². The summed E-state index contributed by atoms with van der Waals surface area (Å²) in [6.07, 6.45) is 2.35. The highest BCUT2D eigenvalue weighted by Crippen LogP contribution is 2.42. The molecule has 32 heavy (non-hydrogen) atoms. The summed E-state index contributed by atoms with van der Waals surface area (Å²) in [6, 6.07) is 17.0. The van der Waals surface area contributed by atoms with Crippen molar-refractivity contribution in [1.82, 2.24) is 0 Å². The van der Waals surface area contributed by atoms with E-state index in [1.54, 1.807) is 48.5 Å². The zero-order valence-electron chi connectivity index (χ0n) is 16.9. The Bertz CT molecular complexity index is 1330. The summed E-state index contributed by atoms with van der Waals surface area (Å²) in [7, 11) is 0. The van der Waals surface area contributed by atoms with E-state index in [2.05, 4.69) is 4.74 Å². The van der Waals surface area contributed by atoms with E-state index >= 15 is 0 Å². The molecule has 2 N–H and O–H groups in total. The van der Waals surface area contributed by atoms with E-state index in [4.69, 9.17) is 4.74 Å². The minimum absolute atomic E-state index is 0.0747. The average molecular weight is 446 g/mol. The van der Waals surface area contributed by atoms with Crippen molar-refractivity contribution in [2.24, 2.45) is 0 Å². The van der Waals surface area contributed by atoms with Gasteiger partial charge in [-0.25, -0.2) is 0 Å². The molecule has 3 aromatic carbocycles. The maximum atomic E-state index is 13.4. The third-order valence-electron chi connectivity index (χ3n) is 4.81. The molecular formula is C25H18O6S. The van der Waals surface area contributed by atoms with Crippen molar-refractivity contribution in [1.29, 1.82) is 0 Å². The van der Waals surface area contributed by atoms with Gasteiger partial charge in [-0.2, -0.15) is 0 Å². The lowest BCUT2D eigenvalue weighted by molar-refractivity contribution is -0.123. The van der Waals surface area contributed by atoms with Gasteiger partial charge in [0, 0.05) is 15.6 Å². The van der Waals surface area contributed by atoms with Crippen LogP contribution in [0.5, 0.6) is 17.2 Å². The molecule has 0 unspecified atom stereocenters. The van der Waals surface area contributed by atoms with Crippen molar-refractivity contribution >= 4 is 33.7 Å². The predicted molar refractivity (Wildman–Crippen MR) is 122 cm³/mol. The number of ketones is 1. The highest BCUT2D eigenvalue weighted by Gasteiger charge is 2.23. The number of aromatic hydroxyl groups is 2. The first-order valence-electron chi connectivity index (χ1n) is 9.59. The number of carbonyl (C=O) groups is 2. The van der Waals surface area contributed by atoms with Gasteiger partial charge in [0.2, 0.25) is 5.78 Å². The van der Waals surface area contributed by atoms with E-state index in [-0.39, 0.29) is 29.3 Å². The summed E-state index contributed by atoms with van der Waals surface area (Å²) in [4.78, 5) is 24.0. The lowest BCUT2D eigenvalue weighted by Crippen LogP contribution is -2.01. The fourth-order valence-corrected chi connectivity index (χ4v) is 4.57. The van der Waals surface area contributed by atoms with Gasteiger partial charge in [-0.05, 0) is 60.5 Å². The number of rotatable bonds is 7. The number of benzene rings is 3. The predicted octanol–water partition coefficient (Wildman–Crippen LogP) is 5.54. The van der Waals surface area contributed by atoms with Crippen LogP contribution in [0.15, 0.2) is 73.2 Å². The Balaban J connectivity index is 1.79. The van der Waals surface area contributed by atoms with Crippen LogP contribution in [-0.2, 0) is 9.53 Å². The van der Waals surface area contributed by atoms with E-state index in [1.165, 1.54) is 17.6 Å². The van der Waals surface area contributed by atoms with Crippen LogP contribution in [-0.4, -0.2) is 22.5 Å². The van der Waals surface area contributed by atoms with E-state index in [1.807, 2.05) is 19.1 Å². The van der Waals surface area contributed by atoms with Crippen molar-refractivity contribution in [2.75, 3.05) is 0 Å². The lowest BCUT2D eigenvalue weighted by Gasteiger charge is -2.08. The second-order valence-electron chi connectivity index (χ2n) is 6.98. The van der Waals surface area contributed by atoms with E-state index in [0.29, 0.717) is 16.2 Å². The average Bonchev–Trinajstić information content (AvgIpc) is 3.15. The number of hydrogen-bond acceptors (Lipinski definition) is 7. The molecule has 160 valence electrons. The molecule has 4 rings (SSSR count). The molecule has 0 atom stereocenters. The number of fused-ring (bicyclic) bond motifs is 1. The topological polar surface area (TPSA) is 93.1 Å². The third kappa shape index (κ3) is 4.19. The molecule has 0 fully saturated rings. The largest absolute Gasteiger partial charge is 0.508 e. The minimum atomic E-state index is -0.299. The van der Waals surface area contributed by atoms with E-state index in [9.17, 15) is 19.8 Å². The number of hydrogen-bond donors (Lipinski definition) is 2. The third-order valence-corrected chi connectivity index (χ3v) is 5.97. The first kappa shape index (κ1) is 21.1. The Morgan fingerprint density at radius 2 is 1.75 bits per heavy atom. The first-order chi connectivity index (χ1) is 15.5. The van der Waals surface area contributed by atoms with Crippen LogP contribution in [0.2, 0.25) is 0 Å². The number of thiophene rings is 1. The van der Waals surface area contributed by atoms with Crippen LogP contribution >= 0.6 is 11.3 Å². The zero-order chi connectivity index (χ0) is 22.7. The van der Waals surface area contributed by atoms with Gasteiger partial charge < -0.3 is 19.7 Å². The molecule has 0 bridgehead atoms. The molecule has 0 aliphatic rings. The fourth-order valence-electron chi connectivity index (χ4n) is 3.36. The Morgan fingerprint density at radius 3 is 2.47 bits per heavy atom. The SMILES string of the molecule is Cc1ccc(C(=O)c2sc3cc(O)ccc3c2-c2ccc(O/C=C/OC=O)cc2)c(O)c1. The van der Waals surface area contributed by atoms with Crippen LogP contribution in [0.4, 0.5) is 0 Å². The molecule has 1 aromatic heterocycles. The van der Waals surface area contributed by atoms with E-state index in [0.717, 1.165) is 27.5 Å². The Morgan fingerprint density at radius 1 is 0.969 bits per heavy atom. The maximum absolute atomic E-state index is 13.4. The Kier molecular flexibility index (Phi) is 5.91. The number of carbonyl (C=O) groups excluding carboxylic acids is 2. The smallest absolute Gasteiger partial charge is 0.298 e. The van der Waals surface area contributed by atoms with E-state index < -0.39 is 0 Å². The van der Waals surface area contributed by atoms with Crippen molar-refractivity contribution in [3.8, 4) is 28.4 Å². The van der Waals surface area contributed by atoms with Crippen LogP contribution in [0, 0.1) is 6.92 Å². The molecule has 0 aliphatic carbocycles. The highest BCUT2D eigenvalue weighted by atomic mass is 32.1. The molecule has 0 aliphatic heterocycles. The minimum Gasteiger partial charge on any atom is -0.508 e. The van der Waals surface area contributed by atoms with Gasteiger partial charge in [-0.15, -0.1) is 11.3 Å². The second kappa shape index (κ2) is 8.95. The maximum Gasteiger partial charge on any atom is 0.298 e. The van der Waals surface area contributed by atoms with Crippen LogP contribution in [0.25, 0.3) is 21.2 Å². The van der Waals surface area contributed by atoms with Crippen molar-refractivity contribution in [3.05, 3.63) is 89.2 Å². The van der Waals surface area contributed by atoms with Gasteiger partial charge in [-0.3, -0.25) is 9.59 Å². The molecule has 0 saturated carbocycles. The lowest BCUT2D eigenvalue weighted by atomic mass is 9.97. The first-order valence-corrected chi connectivity index (χ1v) is 10.4. The fraction of sp³-hybridized carbons (Fsp3) is 0.0400. The summed E-state index contributed by atoms with van der Waals surface area (Å²) >= 11 is 1.26. The summed E-state index contributed by atoms with van der Waals surface area (Å²) < 4.78 is 10.6. The van der Waals surface area contributed by atoms with Gasteiger partial charge in [0.1, 0.15) is 29.8 Å². The van der Waals surface area contributed by atoms with Crippen molar-refractivity contribution < 1.29 is 29.3 Å². The summed E-state index contributed by atoms with van der Waals surface area (Å²) in [5, 5.41) is 21.1. The zero-order valence-corrected chi connectivity index (χ0v) is 17.8. The summed E-state index contributed by atoms with van der Waals surface area (Å²) in [6.45, 7) is 2.12. The highest BCUT2D eigenvalue weighted by molar-refractivity contribution is 7.21. The monoisotopic (exact) mass is 446 g/mol. The molecule has 1 heterocycles. The number of phenols is 2. The van der Waals surface area contributed by atoms with Gasteiger partial charge in [0.05, 0.1) is 10.4 Å². The number of phenolic OH excluding ortho intramolecular Hbond substituents is 2. The Hall–Kier alpha value is -4.10.